The molecule has 1 heterocycles. The van der Waals surface area contributed by atoms with E-state index in [2.05, 4.69) is 17.1 Å². The number of rotatable bonds is 3. The van der Waals surface area contributed by atoms with Crippen molar-refractivity contribution in [1.82, 2.24) is 10.2 Å². The van der Waals surface area contributed by atoms with Crippen LogP contribution in [0.4, 0.5) is 0 Å². The van der Waals surface area contributed by atoms with E-state index in [9.17, 15) is 4.79 Å². The number of piperazine rings is 1. The van der Waals surface area contributed by atoms with Gasteiger partial charge in [0.05, 0.1) is 6.04 Å². The van der Waals surface area contributed by atoms with Crippen molar-refractivity contribution in [2.45, 2.75) is 51.6 Å². The molecule has 1 aliphatic carbocycles. The Morgan fingerprint density at radius 3 is 2.89 bits per heavy atom. The highest BCUT2D eigenvalue weighted by molar-refractivity contribution is 5.82. The third-order valence-corrected chi connectivity index (χ3v) is 4.92. The first-order valence-corrected chi connectivity index (χ1v) is 7.40. The van der Waals surface area contributed by atoms with Gasteiger partial charge in [0.1, 0.15) is 0 Å². The number of hydrogen-bond donors (Lipinski definition) is 2. The molecule has 104 valence electrons. The van der Waals surface area contributed by atoms with Gasteiger partial charge in [0, 0.05) is 19.1 Å². The van der Waals surface area contributed by atoms with Gasteiger partial charge in [-0.2, -0.15) is 0 Å². The first-order valence-electron chi connectivity index (χ1n) is 7.40. The van der Waals surface area contributed by atoms with Gasteiger partial charge in [0.25, 0.3) is 0 Å². The highest BCUT2D eigenvalue weighted by Crippen LogP contribution is 2.34. The summed E-state index contributed by atoms with van der Waals surface area (Å²) in [4.78, 5) is 14.2. The van der Waals surface area contributed by atoms with Crippen molar-refractivity contribution in [3.05, 3.63) is 0 Å². The number of nitrogens with zero attached hydrogens (tertiary/aromatic N) is 1. The lowest BCUT2D eigenvalue weighted by atomic mass is 9.76. The third-order valence-electron chi connectivity index (χ3n) is 4.92. The van der Waals surface area contributed by atoms with Crippen LogP contribution in [-0.2, 0) is 4.79 Å². The molecule has 3 N–H and O–H groups in total. The lowest BCUT2D eigenvalue weighted by molar-refractivity contribution is -0.130. The van der Waals surface area contributed by atoms with Gasteiger partial charge in [0.15, 0.2) is 0 Å². The van der Waals surface area contributed by atoms with Gasteiger partial charge in [-0.3, -0.25) is 9.69 Å². The summed E-state index contributed by atoms with van der Waals surface area (Å²) in [5.74, 6) is 1.56. The summed E-state index contributed by atoms with van der Waals surface area (Å²) in [6.45, 7) is 6.82. The summed E-state index contributed by atoms with van der Waals surface area (Å²) in [7, 11) is 0. The maximum atomic E-state index is 11.8. The van der Waals surface area contributed by atoms with Gasteiger partial charge in [0.2, 0.25) is 5.91 Å². The number of hydrogen-bond acceptors (Lipinski definition) is 3. The van der Waals surface area contributed by atoms with Crippen LogP contribution in [-0.4, -0.2) is 42.5 Å². The van der Waals surface area contributed by atoms with Crippen LogP contribution in [0.15, 0.2) is 0 Å². The van der Waals surface area contributed by atoms with E-state index in [1.165, 1.54) is 25.7 Å². The maximum absolute atomic E-state index is 11.8. The van der Waals surface area contributed by atoms with Crippen LogP contribution in [0.2, 0.25) is 0 Å². The molecule has 0 radical (unpaired) electrons. The smallest absolute Gasteiger partial charge is 0.237 e. The van der Waals surface area contributed by atoms with E-state index in [1.807, 2.05) is 6.92 Å². The first-order chi connectivity index (χ1) is 8.67. The summed E-state index contributed by atoms with van der Waals surface area (Å²) >= 11 is 0. The van der Waals surface area contributed by atoms with Crippen molar-refractivity contribution in [1.29, 1.82) is 0 Å². The SMILES string of the molecule is CCC1CCC(CN)C(N2CCNC(=O)C2C)C1. The monoisotopic (exact) mass is 253 g/mol. The van der Waals surface area contributed by atoms with Gasteiger partial charge in [-0.15, -0.1) is 0 Å². The van der Waals surface area contributed by atoms with Gasteiger partial charge >= 0.3 is 0 Å². The minimum Gasteiger partial charge on any atom is -0.353 e. The molecule has 0 spiro atoms. The van der Waals surface area contributed by atoms with Gasteiger partial charge in [-0.05, 0) is 38.1 Å². The molecular weight excluding hydrogens is 226 g/mol. The molecule has 1 amide bonds. The second-order valence-corrected chi connectivity index (χ2v) is 5.86. The lowest BCUT2D eigenvalue weighted by Gasteiger charge is -2.46. The molecule has 4 unspecified atom stereocenters. The number of nitrogens with one attached hydrogen (secondary N) is 1. The molecule has 4 atom stereocenters. The molecule has 1 saturated heterocycles. The van der Waals surface area contributed by atoms with Crippen LogP contribution in [0, 0.1) is 11.8 Å². The van der Waals surface area contributed by atoms with Crippen LogP contribution in [0.5, 0.6) is 0 Å². The largest absolute Gasteiger partial charge is 0.353 e. The zero-order valence-corrected chi connectivity index (χ0v) is 11.7. The predicted molar refractivity (Wildman–Crippen MR) is 73.1 cm³/mol. The fourth-order valence-electron chi connectivity index (χ4n) is 3.60. The number of carbonyl (C=O) groups excluding carboxylic acids is 1. The Kier molecular flexibility index (Phi) is 4.62. The molecule has 1 saturated carbocycles. The number of nitrogens with two attached hydrogens (primary N) is 1. The minimum absolute atomic E-state index is 0.00778. The van der Waals surface area contributed by atoms with Crippen molar-refractivity contribution in [2.75, 3.05) is 19.6 Å². The summed E-state index contributed by atoms with van der Waals surface area (Å²) in [5, 5.41) is 2.95. The fourth-order valence-corrected chi connectivity index (χ4v) is 3.60. The van der Waals surface area contributed by atoms with Crippen LogP contribution in [0.25, 0.3) is 0 Å². The molecule has 18 heavy (non-hydrogen) atoms. The Bertz CT molecular complexity index is 295. The molecule has 2 fully saturated rings. The fraction of sp³-hybridized carbons (Fsp3) is 0.929. The summed E-state index contributed by atoms with van der Waals surface area (Å²) < 4.78 is 0. The average Bonchev–Trinajstić information content (AvgIpc) is 2.41. The Hall–Kier alpha value is -0.610. The highest BCUT2D eigenvalue weighted by Gasteiger charge is 2.38. The van der Waals surface area contributed by atoms with Crippen molar-refractivity contribution in [2.24, 2.45) is 17.6 Å². The van der Waals surface area contributed by atoms with Crippen LogP contribution in [0.3, 0.4) is 0 Å². The van der Waals surface area contributed by atoms with E-state index in [4.69, 9.17) is 5.73 Å². The summed E-state index contributed by atoms with van der Waals surface area (Å²) in [5.41, 5.74) is 5.94. The molecular formula is C14H27N3O. The van der Waals surface area contributed by atoms with Gasteiger partial charge < -0.3 is 11.1 Å². The Morgan fingerprint density at radius 2 is 2.22 bits per heavy atom. The molecule has 0 aromatic rings. The van der Waals surface area contributed by atoms with Crippen molar-refractivity contribution in [3.8, 4) is 0 Å². The van der Waals surface area contributed by atoms with E-state index in [0.717, 1.165) is 25.6 Å². The topological polar surface area (TPSA) is 58.4 Å². The van der Waals surface area contributed by atoms with Gasteiger partial charge in [-0.25, -0.2) is 0 Å². The Labute approximate surface area is 110 Å². The Balaban J connectivity index is 2.09. The van der Waals surface area contributed by atoms with Crippen molar-refractivity contribution >= 4 is 5.91 Å². The lowest BCUT2D eigenvalue weighted by Crippen LogP contribution is -2.60. The van der Waals surface area contributed by atoms with Crippen LogP contribution in [0.1, 0.15) is 39.5 Å². The minimum atomic E-state index is 0.00778. The predicted octanol–water partition coefficient (Wildman–Crippen LogP) is 0.960. The molecule has 4 nitrogen and oxygen atoms in total. The van der Waals surface area contributed by atoms with Crippen molar-refractivity contribution < 1.29 is 4.79 Å². The van der Waals surface area contributed by atoms with Crippen LogP contribution >= 0.6 is 0 Å². The quantitative estimate of drug-likeness (QED) is 0.787. The molecule has 1 aliphatic heterocycles. The van der Waals surface area contributed by atoms with E-state index < -0.39 is 0 Å². The first kappa shape index (κ1) is 13.8. The Morgan fingerprint density at radius 1 is 1.44 bits per heavy atom. The average molecular weight is 253 g/mol. The van der Waals surface area contributed by atoms with Gasteiger partial charge in [-0.1, -0.05) is 19.8 Å². The molecule has 0 bridgehead atoms. The van der Waals surface area contributed by atoms with Crippen molar-refractivity contribution in [3.63, 3.8) is 0 Å². The maximum Gasteiger partial charge on any atom is 0.237 e. The second kappa shape index (κ2) is 6.02. The molecule has 0 aromatic carbocycles. The van der Waals surface area contributed by atoms with Crippen LogP contribution < -0.4 is 11.1 Å². The standard InChI is InChI=1S/C14H27N3O/c1-3-11-4-5-12(9-15)13(8-11)17-7-6-16-14(18)10(17)2/h10-13H,3-9,15H2,1-2H3,(H,16,18). The molecule has 2 rings (SSSR count). The van der Waals surface area contributed by atoms with E-state index in [-0.39, 0.29) is 11.9 Å². The molecule has 2 aliphatic rings. The van der Waals surface area contributed by atoms with E-state index in [0.29, 0.717) is 12.0 Å². The highest BCUT2D eigenvalue weighted by atomic mass is 16.2. The number of carbonyl (C=O) groups is 1. The summed E-state index contributed by atoms with van der Waals surface area (Å²) in [6, 6.07) is 0.517. The second-order valence-electron chi connectivity index (χ2n) is 5.86. The molecule has 4 heteroatoms. The normalized spacial score (nSPS) is 38.5. The summed E-state index contributed by atoms with van der Waals surface area (Å²) in [6.07, 6.45) is 5.01. The number of amides is 1. The van der Waals surface area contributed by atoms with E-state index in [1.54, 1.807) is 0 Å². The van der Waals surface area contributed by atoms with E-state index >= 15 is 0 Å². The zero-order chi connectivity index (χ0) is 13.1. The zero-order valence-electron chi connectivity index (χ0n) is 11.7. The third kappa shape index (κ3) is 2.69. The molecule has 0 aromatic heterocycles.